The van der Waals surface area contributed by atoms with Crippen molar-refractivity contribution in [2.24, 2.45) is 0 Å². The molecular weight excluding hydrogens is 336 g/mol. The third-order valence-electron chi connectivity index (χ3n) is 4.62. The van der Waals surface area contributed by atoms with Crippen LogP contribution < -0.4 is 16.1 Å². The molecule has 1 aliphatic rings. The lowest BCUT2D eigenvalue weighted by Gasteiger charge is -2.28. The molecule has 0 aliphatic carbocycles. The van der Waals surface area contributed by atoms with E-state index in [4.69, 9.17) is 4.74 Å². The van der Waals surface area contributed by atoms with E-state index in [1.54, 1.807) is 15.5 Å². The number of rotatable bonds is 5. The SMILES string of the molecule is COCC(=O)N1CCCN(c2cc(=O)n(C(C)C)c(=O)n2C(C)C)CC1. The number of ether oxygens (including phenoxy) is 1. The van der Waals surface area contributed by atoms with Crippen LogP contribution in [0.2, 0.25) is 0 Å². The van der Waals surface area contributed by atoms with E-state index in [9.17, 15) is 14.4 Å². The van der Waals surface area contributed by atoms with Crippen LogP contribution in [0.15, 0.2) is 15.7 Å². The van der Waals surface area contributed by atoms with Crippen molar-refractivity contribution in [3.05, 3.63) is 26.9 Å². The molecule has 0 N–H and O–H groups in total. The topological polar surface area (TPSA) is 76.8 Å². The average Bonchev–Trinajstić information content (AvgIpc) is 2.79. The summed E-state index contributed by atoms with van der Waals surface area (Å²) >= 11 is 0. The molecule has 146 valence electrons. The first kappa shape index (κ1) is 20.2. The Morgan fingerprint density at radius 2 is 1.69 bits per heavy atom. The van der Waals surface area contributed by atoms with E-state index >= 15 is 0 Å². The van der Waals surface area contributed by atoms with Crippen molar-refractivity contribution < 1.29 is 9.53 Å². The Hall–Kier alpha value is -2.09. The van der Waals surface area contributed by atoms with Crippen LogP contribution in [-0.4, -0.2) is 59.8 Å². The third-order valence-corrected chi connectivity index (χ3v) is 4.62. The molecule has 1 aromatic heterocycles. The standard InChI is InChI=1S/C18H30N4O4/c1-13(2)21-15(11-16(23)22(14(3)4)18(21)25)19-7-6-8-20(10-9-19)17(24)12-26-5/h11,13-14H,6-10,12H2,1-5H3. The fraction of sp³-hybridized carbons (Fsp3) is 0.722. The van der Waals surface area contributed by atoms with E-state index in [-0.39, 0.29) is 35.8 Å². The molecule has 0 aromatic carbocycles. The van der Waals surface area contributed by atoms with Gasteiger partial charge in [0.1, 0.15) is 12.4 Å². The molecule has 0 spiro atoms. The minimum Gasteiger partial charge on any atom is -0.375 e. The summed E-state index contributed by atoms with van der Waals surface area (Å²) in [6, 6.07) is 1.28. The number of nitrogens with zero attached hydrogens (tertiary/aromatic N) is 4. The van der Waals surface area contributed by atoms with E-state index in [0.717, 1.165) is 6.42 Å². The first-order valence-electron chi connectivity index (χ1n) is 9.17. The number of anilines is 1. The smallest absolute Gasteiger partial charge is 0.333 e. The van der Waals surface area contributed by atoms with Gasteiger partial charge >= 0.3 is 5.69 Å². The average molecular weight is 366 g/mol. The van der Waals surface area contributed by atoms with Crippen LogP contribution >= 0.6 is 0 Å². The number of hydrogen-bond acceptors (Lipinski definition) is 5. The van der Waals surface area contributed by atoms with Crippen LogP contribution in [0.1, 0.15) is 46.2 Å². The Bertz CT molecular complexity index is 751. The van der Waals surface area contributed by atoms with Crippen molar-refractivity contribution in [1.82, 2.24) is 14.0 Å². The van der Waals surface area contributed by atoms with Gasteiger partial charge in [-0.2, -0.15) is 0 Å². The maximum Gasteiger partial charge on any atom is 0.333 e. The van der Waals surface area contributed by atoms with Crippen molar-refractivity contribution in [3.8, 4) is 0 Å². The Labute approximate surface area is 154 Å². The summed E-state index contributed by atoms with van der Waals surface area (Å²) in [6.07, 6.45) is 0.773. The van der Waals surface area contributed by atoms with E-state index in [1.165, 1.54) is 11.7 Å². The molecule has 0 bridgehead atoms. The maximum absolute atomic E-state index is 12.9. The summed E-state index contributed by atoms with van der Waals surface area (Å²) in [6.45, 7) is 10.1. The number of amides is 1. The number of methoxy groups -OCH3 is 1. The molecule has 1 aliphatic heterocycles. The van der Waals surface area contributed by atoms with Gasteiger partial charge in [-0.15, -0.1) is 0 Å². The van der Waals surface area contributed by atoms with Crippen LogP contribution in [0.4, 0.5) is 5.82 Å². The minimum absolute atomic E-state index is 0.0363. The van der Waals surface area contributed by atoms with Crippen molar-refractivity contribution >= 4 is 11.7 Å². The number of carbonyl (C=O) groups excluding carboxylic acids is 1. The Morgan fingerprint density at radius 3 is 2.27 bits per heavy atom. The molecule has 1 amide bonds. The van der Waals surface area contributed by atoms with Crippen LogP contribution in [0.25, 0.3) is 0 Å². The predicted molar refractivity (Wildman–Crippen MR) is 101 cm³/mol. The molecule has 26 heavy (non-hydrogen) atoms. The molecule has 1 saturated heterocycles. The quantitative estimate of drug-likeness (QED) is 0.772. The summed E-state index contributed by atoms with van der Waals surface area (Å²) < 4.78 is 7.89. The Morgan fingerprint density at radius 1 is 1.04 bits per heavy atom. The van der Waals surface area contributed by atoms with Gasteiger partial charge in [0.2, 0.25) is 5.91 Å². The molecule has 0 saturated carbocycles. The van der Waals surface area contributed by atoms with Crippen LogP contribution in [0.3, 0.4) is 0 Å². The van der Waals surface area contributed by atoms with Crippen LogP contribution in [0.5, 0.6) is 0 Å². The Kier molecular flexibility index (Phi) is 6.63. The van der Waals surface area contributed by atoms with E-state index in [1.807, 2.05) is 32.6 Å². The zero-order chi connectivity index (χ0) is 19.4. The van der Waals surface area contributed by atoms with Crippen LogP contribution in [0, 0.1) is 0 Å². The van der Waals surface area contributed by atoms with Crippen LogP contribution in [-0.2, 0) is 9.53 Å². The molecule has 1 fully saturated rings. The molecule has 0 atom stereocenters. The van der Waals surface area contributed by atoms with Gasteiger partial charge < -0.3 is 14.5 Å². The Balaban J connectivity index is 2.38. The zero-order valence-electron chi connectivity index (χ0n) is 16.4. The monoisotopic (exact) mass is 366 g/mol. The molecule has 8 nitrogen and oxygen atoms in total. The summed E-state index contributed by atoms with van der Waals surface area (Å²) in [4.78, 5) is 41.3. The lowest BCUT2D eigenvalue weighted by molar-refractivity contribution is -0.134. The van der Waals surface area contributed by atoms with E-state index in [0.29, 0.717) is 32.0 Å². The van der Waals surface area contributed by atoms with Crippen molar-refractivity contribution in [1.29, 1.82) is 0 Å². The van der Waals surface area contributed by atoms with Gasteiger partial charge in [0.25, 0.3) is 5.56 Å². The summed E-state index contributed by atoms with van der Waals surface area (Å²) in [5, 5.41) is 0. The van der Waals surface area contributed by atoms with Gasteiger partial charge in [0.15, 0.2) is 0 Å². The largest absolute Gasteiger partial charge is 0.375 e. The molecule has 0 unspecified atom stereocenters. The molecule has 1 aromatic rings. The highest BCUT2D eigenvalue weighted by atomic mass is 16.5. The molecule has 8 heteroatoms. The molecule has 2 rings (SSSR count). The second-order valence-electron chi connectivity index (χ2n) is 7.21. The molecular formula is C18H30N4O4. The maximum atomic E-state index is 12.9. The fourth-order valence-corrected chi connectivity index (χ4v) is 3.37. The first-order valence-corrected chi connectivity index (χ1v) is 9.17. The predicted octanol–water partition coefficient (Wildman–Crippen LogP) is 0.857. The van der Waals surface area contributed by atoms with Gasteiger partial charge in [0.05, 0.1) is 0 Å². The molecule has 0 radical (unpaired) electrons. The molecule has 2 heterocycles. The summed E-state index contributed by atoms with van der Waals surface area (Å²) in [7, 11) is 1.51. The van der Waals surface area contributed by atoms with E-state index < -0.39 is 0 Å². The second kappa shape index (κ2) is 8.53. The van der Waals surface area contributed by atoms with E-state index in [2.05, 4.69) is 0 Å². The van der Waals surface area contributed by atoms with Gasteiger partial charge in [-0.1, -0.05) is 0 Å². The number of hydrogen-bond donors (Lipinski definition) is 0. The lowest BCUT2D eigenvalue weighted by Crippen LogP contribution is -2.45. The van der Waals surface area contributed by atoms with Crippen molar-refractivity contribution in [3.63, 3.8) is 0 Å². The highest BCUT2D eigenvalue weighted by Gasteiger charge is 2.23. The summed E-state index contributed by atoms with van der Waals surface area (Å²) in [5.74, 6) is 0.596. The highest BCUT2D eigenvalue weighted by molar-refractivity contribution is 5.77. The van der Waals surface area contributed by atoms with Gasteiger partial charge in [-0.25, -0.2) is 4.79 Å². The lowest BCUT2D eigenvalue weighted by atomic mass is 10.3. The van der Waals surface area contributed by atoms with Gasteiger partial charge in [-0.3, -0.25) is 18.7 Å². The number of aromatic nitrogens is 2. The normalized spacial score (nSPS) is 15.7. The van der Waals surface area contributed by atoms with Gasteiger partial charge in [-0.05, 0) is 34.1 Å². The minimum atomic E-state index is -0.284. The van der Waals surface area contributed by atoms with Crippen molar-refractivity contribution in [2.45, 2.75) is 46.2 Å². The number of carbonyl (C=O) groups is 1. The third kappa shape index (κ3) is 4.17. The first-order chi connectivity index (χ1) is 12.3. The van der Waals surface area contributed by atoms with Gasteiger partial charge in [0, 0.05) is 51.4 Å². The highest BCUT2D eigenvalue weighted by Crippen LogP contribution is 2.18. The van der Waals surface area contributed by atoms with Crippen molar-refractivity contribution in [2.75, 3.05) is 44.8 Å². The summed E-state index contributed by atoms with van der Waals surface area (Å²) in [5.41, 5.74) is -0.567. The zero-order valence-corrected chi connectivity index (χ0v) is 16.4. The fourth-order valence-electron chi connectivity index (χ4n) is 3.37. The second-order valence-corrected chi connectivity index (χ2v) is 7.21.